The first-order valence-corrected chi connectivity index (χ1v) is 6.60. The average molecular weight is 297 g/mol. The van der Waals surface area contributed by atoms with E-state index in [-0.39, 0.29) is 11.3 Å². The molecule has 0 aliphatic carbocycles. The second-order valence-electron chi connectivity index (χ2n) is 4.88. The first kappa shape index (κ1) is 13.7. The van der Waals surface area contributed by atoms with Crippen LogP contribution in [0.1, 0.15) is 21.5 Å². The van der Waals surface area contributed by atoms with Gasteiger partial charge in [-0.05, 0) is 12.1 Å². The molecule has 110 valence electrons. The van der Waals surface area contributed by atoms with Crippen LogP contribution in [-0.2, 0) is 6.54 Å². The number of nitrogens with zero attached hydrogens (tertiary/aromatic N) is 2. The molecule has 1 aliphatic heterocycles. The SMILES string of the molecule is NC1=[N+](NC(=O)c2cccc([N+](=O)[O-])c2)Cc2ccccc21. The Balaban J connectivity index is 1.83. The largest absolute Gasteiger partial charge is 0.299 e. The van der Waals surface area contributed by atoms with Gasteiger partial charge in [-0.15, -0.1) is 0 Å². The van der Waals surface area contributed by atoms with Crippen LogP contribution in [0.15, 0.2) is 48.5 Å². The summed E-state index contributed by atoms with van der Waals surface area (Å²) < 4.78 is 1.53. The monoisotopic (exact) mass is 297 g/mol. The molecule has 0 radical (unpaired) electrons. The van der Waals surface area contributed by atoms with Crippen LogP contribution in [0.5, 0.6) is 0 Å². The van der Waals surface area contributed by atoms with E-state index in [2.05, 4.69) is 5.43 Å². The number of benzene rings is 2. The predicted molar refractivity (Wildman–Crippen MR) is 79.3 cm³/mol. The van der Waals surface area contributed by atoms with E-state index in [0.717, 1.165) is 11.1 Å². The van der Waals surface area contributed by atoms with Crippen molar-refractivity contribution in [1.29, 1.82) is 0 Å². The maximum absolute atomic E-state index is 12.2. The topological polar surface area (TPSA) is 101 Å². The van der Waals surface area contributed by atoms with Crippen molar-refractivity contribution < 1.29 is 14.4 Å². The number of rotatable bonds is 3. The molecule has 0 spiro atoms. The van der Waals surface area contributed by atoms with Crippen molar-refractivity contribution in [2.45, 2.75) is 6.54 Å². The molecule has 1 amide bonds. The quantitative estimate of drug-likeness (QED) is 0.504. The third-order valence-electron chi connectivity index (χ3n) is 3.47. The van der Waals surface area contributed by atoms with Gasteiger partial charge in [0.2, 0.25) is 0 Å². The first-order valence-electron chi connectivity index (χ1n) is 6.60. The fraction of sp³-hybridized carbons (Fsp3) is 0.0667. The van der Waals surface area contributed by atoms with Gasteiger partial charge < -0.3 is 0 Å². The number of hydrazone groups is 1. The van der Waals surface area contributed by atoms with Crippen molar-refractivity contribution in [2.75, 3.05) is 0 Å². The number of carbonyl (C=O) groups excluding carboxylic acids is 1. The standard InChI is InChI=1S/C15H12N4O3/c16-14-13-7-2-1-4-11(13)9-18(14)17-15(20)10-5-3-6-12(8-10)19(21)22/h1-8,16H,9H2,(H,17,20)/p+1. The van der Waals surface area contributed by atoms with Gasteiger partial charge in [0.1, 0.15) is 6.54 Å². The molecule has 7 nitrogen and oxygen atoms in total. The highest BCUT2D eigenvalue weighted by molar-refractivity contribution is 5.98. The summed E-state index contributed by atoms with van der Waals surface area (Å²) in [6.07, 6.45) is 0. The Bertz CT molecular complexity index is 814. The molecule has 22 heavy (non-hydrogen) atoms. The number of hydrogen-bond donors (Lipinski definition) is 2. The van der Waals surface area contributed by atoms with Gasteiger partial charge in [-0.25, -0.2) is 0 Å². The Morgan fingerprint density at radius 2 is 2.00 bits per heavy atom. The molecule has 1 heterocycles. The Morgan fingerprint density at radius 3 is 2.73 bits per heavy atom. The van der Waals surface area contributed by atoms with Gasteiger partial charge in [0.15, 0.2) is 0 Å². The van der Waals surface area contributed by atoms with Crippen LogP contribution in [0.3, 0.4) is 0 Å². The van der Waals surface area contributed by atoms with Crippen molar-refractivity contribution in [3.05, 3.63) is 75.3 Å². The minimum Gasteiger partial charge on any atom is -0.285 e. The van der Waals surface area contributed by atoms with E-state index >= 15 is 0 Å². The van der Waals surface area contributed by atoms with Crippen LogP contribution in [-0.4, -0.2) is 21.4 Å². The molecule has 7 heteroatoms. The summed E-state index contributed by atoms with van der Waals surface area (Å²) in [5.74, 6) is 0.00818. The number of nitro benzene ring substituents is 1. The molecular formula is C15H13N4O3+. The molecule has 3 N–H and O–H groups in total. The van der Waals surface area contributed by atoms with E-state index in [1.807, 2.05) is 24.3 Å². The van der Waals surface area contributed by atoms with Crippen LogP contribution in [0.25, 0.3) is 0 Å². The van der Waals surface area contributed by atoms with E-state index < -0.39 is 10.8 Å². The zero-order valence-corrected chi connectivity index (χ0v) is 11.5. The van der Waals surface area contributed by atoms with Crippen molar-refractivity contribution in [1.82, 2.24) is 5.43 Å². The lowest BCUT2D eigenvalue weighted by Gasteiger charge is -2.05. The van der Waals surface area contributed by atoms with Gasteiger partial charge >= 0.3 is 0 Å². The smallest absolute Gasteiger partial charge is 0.285 e. The second-order valence-corrected chi connectivity index (χ2v) is 4.88. The molecule has 0 fully saturated rings. The number of non-ortho nitro benzene ring substituents is 1. The summed E-state index contributed by atoms with van der Waals surface area (Å²) in [4.78, 5) is 22.4. The normalized spacial score (nSPS) is 12.9. The lowest BCUT2D eigenvalue weighted by atomic mass is 10.1. The van der Waals surface area contributed by atoms with Gasteiger partial charge in [0, 0.05) is 23.3 Å². The number of nitrogens with one attached hydrogen (secondary N) is 1. The third kappa shape index (κ3) is 2.39. The van der Waals surface area contributed by atoms with Crippen molar-refractivity contribution >= 4 is 17.4 Å². The zero-order chi connectivity index (χ0) is 15.7. The summed E-state index contributed by atoms with van der Waals surface area (Å²) in [6, 6.07) is 13.1. The van der Waals surface area contributed by atoms with Crippen LogP contribution < -0.4 is 11.2 Å². The van der Waals surface area contributed by atoms with E-state index in [0.29, 0.717) is 12.4 Å². The minimum absolute atomic E-state index is 0.130. The molecule has 0 atom stereocenters. The molecule has 2 aromatic rings. The second kappa shape index (κ2) is 5.28. The van der Waals surface area contributed by atoms with E-state index in [1.54, 1.807) is 0 Å². The van der Waals surface area contributed by atoms with Gasteiger partial charge in [-0.1, -0.05) is 24.3 Å². The lowest BCUT2D eigenvalue weighted by Crippen LogP contribution is -2.38. The minimum atomic E-state index is -0.539. The third-order valence-corrected chi connectivity index (χ3v) is 3.47. The van der Waals surface area contributed by atoms with Gasteiger partial charge in [-0.3, -0.25) is 20.6 Å². The van der Waals surface area contributed by atoms with Gasteiger partial charge in [-0.2, -0.15) is 10.1 Å². The summed E-state index contributed by atoms with van der Waals surface area (Å²) >= 11 is 0. The Kier molecular flexibility index (Phi) is 3.30. The summed E-state index contributed by atoms with van der Waals surface area (Å²) in [5, 5.41) is 10.8. The molecule has 3 rings (SSSR count). The molecule has 0 saturated carbocycles. The Hall–Kier alpha value is -3.22. The molecule has 0 bridgehead atoms. The molecule has 1 aliphatic rings. The van der Waals surface area contributed by atoms with Crippen LogP contribution in [0.2, 0.25) is 0 Å². The summed E-state index contributed by atoms with van der Waals surface area (Å²) in [5.41, 5.74) is 10.6. The highest BCUT2D eigenvalue weighted by Gasteiger charge is 2.26. The number of nitrogens with two attached hydrogens (primary N) is 1. The zero-order valence-electron chi connectivity index (χ0n) is 11.5. The number of hydrogen-bond acceptors (Lipinski definition) is 4. The predicted octanol–water partition coefficient (Wildman–Crippen LogP) is 1.17. The van der Waals surface area contributed by atoms with Gasteiger partial charge in [0.25, 0.3) is 17.4 Å². The van der Waals surface area contributed by atoms with Crippen molar-refractivity contribution in [3.8, 4) is 0 Å². The number of nitro groups is 1. The van der Waals surface area contributed by atoms with Crippen molar-refractivity contribution in [2.24, 2.45) is 5.73 Å². The van der Waals surface area contributed by atoms with E-state index in [9.17, 15) is 14.9 Å². The molecule has 0 aromatic heterocycles. The van der Waals surface area contributed by atoms with Crippen LogP contribution >= 0.6 is 0 Å². The number of amides is 1. The molecule has 2 aromatic carbocycles. The summed E-state index contributed by atoms with van der Waals surface area (Å²) in [6.45, 7) is 0.461. The fourth-order valence-corrected chi connectivity index (χ4v) is 2.36. The Labute approximate surface area is 125 Å². The Morgan fingerprint density at radius 1 is 1.23 bits per heavy atom. The van der Waals surface area contributed by atoms with Crippen molar-refractivity contribution in [3.63, 3.8) is 0 Å². The number of hydrazine groups is 1. The fourth-order valence-electron chi connectivity index (χ4n) is 2.36. The number of carbonyl (C=O) groups is 1. The first-order chi connectivity index (χ1) is 10.6. The van der Waals surface area contributed by atoms with E-state index in [1.165, 1.54) is 28.9 Å². The highest BCUT2D eigenvalue weighted by Crippen LogP contribution is 2.16. The maximum atomic E-state index is 12.2. The van der Waals surface area contributed by atoms with Crippen LogP contribution in [0.4, 0.5) is 5.69 Å². The molecule has 0 saturated heterocycles. The van der Waals surface area contributed by atoms with Crippen LogP contribution in [0, 0.1) is 10.1 Å². The van der Waals surface area contributed by atoms with Gasteiger partial charge in [0.05, 0.1) is 10.5 Å². The van der Waals surface area contributed by atoms with E-state index in [4.69, 9.17) is 5.73 Å². The number of fused-ring (bicyclic) bond motifs is 1. The summed E-state index contributed by atoms with van der Waals surface area (Å²) in [7, 11) is 0. The molecule has 0 unspecified atom stereocenters. The number of amidine groups is 1. The lowest BCUT2D eigenvalue weighted by molar-refractivity contribution is -0.584. The highest BCUT2D eigenvalue weighted by atomic mass is 16.6. The average Bonchev–Trinajstić information content (AvgIpc) is 2.84. The molecular weight excluding hydrogens is 284 g/mol. The maximum Gasteiger partial charge on any atom is 0.299 e.